The summed E-state index contributed by atoms with van der Waals surface area (Å²) in [7, 11) is -5.39. The van der Waals surface area contributed by atoms with Crippen molar-refractivity contribution in [3.05, 3.63) is 50.9 Å². The fourth-order valence-corrected chi connectivity index (χ4v) is 5.17. The molecule has 3 rings (SSSR count). The number of carbonyl (C=O) groups excluding carboxylic acids is 1. The minimum Gasteiger partial charge on any atom is -0.299 e. The van der Waals surface area contributed by atoms with Gasteiger partial charge in [0.05, 0.1) is 32.6 Å². The third-order valence-corrected chi connectivity index (χ3v) is 7.42. The van der Waals surface area contributed by atoms with Gasteiger partial charge in [-0.25, -0.2) is 18.4 Å². The number of alkyl halides is 3. The normalized spacial score (nSPS) is 12.3. The monoisotopic (exact) mass is 460 g/mol. The fourth-order valence-electron chi connectivity index (χ4n) is 2.64. The Kier molecular flexibility index (Phi) is 5.93. The summed E-state index contributed by atoms with van der Waals surface area (Å²) in [5.74, 6) is -0.172. The summed E-state index contributed by atoms with van der Waals surface area (Å²) < 4.78 is 60.5. The maximum atomic E-state index is 12.6. The van der Waals surface area contributed by atoms with Gasteiger partial charge in [0.15, 0.2) is 0 Å². The summed E-state index contributed by atoms with van der Waals surface area (Å²) in [5, 5.41) is 3.42. The van der Waals surface area contributed by atoms with Crippen molar-refractivity contribution in [1.82, 2.24) is 9.97 Å². The van der Waals surface area contributed by atoms with Crippen molar-refractivity contribution in [2.75, 3.05) is 0 Å². The van der Waals surface area contributed by atoms with Crippen LogP contribution in [0.4, 0.5) is 13.2 Å². The Morgan fingerprint density at radius 3 is 2.28 bits per heavy atom. The van der Waals surface area contributed by atoms with Crippen LogP contribution in [0.5, 0.6) is 0 Å². The molecule has 0 saturated carbocycles. The second-order valence-corrected chi connectivity index (χ2v) is 10.3. The molecule has 0 radical (unpaired) electrons. The molecule has 0 amide bonds. The first-order valence-corrected chi connectivity index (χ1v) is 11.5. The minimum atomic E-state index is -5.39. The zero-order valence-corrected chi connectivity index (χ0v) is 17.7. The number of ketones is 1. The smallest absolute Gasteiger partial charge is 0.299 e. The largest absolute Gasteiger partial charge is 0.501 e. The molecular formula is C18H15F3N2O3S3. The van der Waals surface area contributed by atoms with Crippen molar-refractivity contribution >= 4 is 38.3 Å². The average molecular weight is 461 g/mol. The van der Waals surface area contributed by atoms with Crippen molar-refractivity contribution in [1.29, 1.82) is 0 Å². The predicted octanol–water partition coefficient (Wildman–Crippen LogP) is 4.53. The molecule has 0 fully saturated rings. The van der Waals surface area contributed by atoms with E-state index in [0.29, 0.717) is 10.6 Å². The minimum absolute atomic E-state index is 0.0278. The Balaban J connectivity index is 1.67. The molecule has 0 N–H and O–H groups in total. The van der Waals surface area contributed by atoms with Crippen molar-refractivity contribution in [3.63, 3.8) is 0 Å². The molecule has 0 aliphatic carbocycles. The van der Waals surface area contributed by atoms with Gasteiger partial charge in [0, 0.05) is 11.8 Å². The van der Waals surface area contributed by atoms with E-state index < -0.39 is 20.2 Å². The van der Waals surface area contributed by atoms with E-state index in [1.165, 1.54) is 34.8 Å². The van der Waals surface area contributed by atoms with Gasteiger partial charge in [0.25, 0.3) is 9.84 Å². The topological polar surface area (TPSA) is 77.0 Å². The van der Waals surface area contributed by atoms with Crippen LogP contribution < -0.4 is 0 Å². The third kappa shape index (κ3) is 4.73. The Morgan fingerprint density at radius 2 is 1.72 bits per heavy atom. The Labute approximate surface area is 173 Å². The van der Waals surface area contributed by atoms with Crippen LogP contribution in [0.15, 0.2) is 34.5 Å². The van der Waals surface area contributed by atoms with Crippen molar-refractivity contribution < 1.29 is 26.4 Å². The van der Waals surface area contributed by atoms with Crippen LogP contribution in [0.25, 0.3) is 10.6 Å². The van der Waals surface area contributed by atoms with Gasteiger partial charge in [-0.3, -0.25) is 4.79 Å². The number of halogens is 3. The van der Waals surface area contributed by atoms with Gasteiger partial charge in [-0.1, -0.05) is 12.1 Å². The van der Waals surface area contributed by atoms with Crippen molar-refractivity contribution in [2.24, 2.45) is 0 Å². The van der Waals surface area contributed by atoms with Gasteiger partial charge in [-0.05, 0) is 31.5 Å². The number of thiazole rings is 2. The SMILES string of the molecule is Cc1nc(C)c(-c2csc(CC(=O)Cc3ccc(S(=O)(=O)C(F)(F)F)cc3)n2)s1. The molecule has 0 bridgehead atoms. The van der Waals surface area contributed by atoms with E-state index in [2.05, 4.69) is 9.97 Å². The lowest BCUT2D eigenvalue weighted by Gasteiger charge is -2.08. The highest BCUT2D eigenvalue weighted by molar-refractivity contribution is 7.92. The lowest BCUT2D eigenvalue weighted by Crippen LogP contribution is -2.23. The van der Waals surface area contributed by atoms with Gasteiger partial charge >= 0.3 is 5.51 Å². The highest BCUT2D eigenvalue weighted by Crippen LogP contribution is 2.31. The molecule has 154 valence electrons. The maximum Gasteiger partial charge on any atom is 0.501 e. The Morgan fingerprint density at radius 1 is 1.07 bits per heavy atom. The summed E-state index contributed by atoms with van der Waals surface area (Å²) >= 11 is 2.88. The molecule has 0 saturated heterocycles. The van der Waals surface area contributed by atoms with Crippen LogP contribution in [-0.2, 0) is 27.5 Å². The number of nitrogens with zero attached hydrogens (tertiary/aromatic N) is 2. The van der Waals surface area contributed by atoms with Gasteiger partial charge in [-0.15, -0.1) is 22.7 Å². The summed E-state index contributed by atoms with van der Waals surface area (Å²) in [6.45, 7) is 3.80. The lowest BCUT2D eigenvalue weighted by molar-refractivity contribution is -0.117. The van der Waals surface area contributed by atoms with E-state index in [0.717, 1.165) is 33.4 Å². The first kappa shape index (κ1) is 21.6. The second kappa shape index (κ2) is 7.96. The highest BCUT2D eigenvalue weighted by atomic mass is 32.2. The molecule has 0 atom stereocenters. The zero-order valence-electron chi connectivity index (χ0n) is 15.3. The zero-order chi connectivity index (χ0) is 21.4. The van der Waals surface area contributed by atoms with E-state index >= 15 is 0 Å². The molecular weight excluding hydrogens is 445 g/mol. The van der Waals surface area contributed by atoms with Crippen molar-refractivity contribution in [3.8, 4) is 10.6 Å². The van der Waals surface area contributed by atoms with Gasteiger partial charge < -0.3 is 0 Å². The third-order valence-electron chi connectivity index (χ3n) is 3.98. The molecule has 1 aromatic carbocycles. The molecule has 11 heteroatoms. The molecule has 29 heavy (non-hydrogen) atoms. The molecule has 0 aliphatic rings. The van der Waals surface area contributed by atoms with Gasteiger partial charge in [0.2, 0.25) is 0 Å². The predicted molar refractivity (Wildman–Crippen MR) is 105 cm³/mol. The highest BCUT2D eigenvalue weighted by Gasteiger charge is 2.46. The Bertz CT molecular complexity index is 1150. The lowest BCUT2D eigenvalue weighted by atomic mass is 10.1. The first-order valence-electron chi connectivity index (χ1n) is 8.28. The van der Waals surface area contributed by atoms with E-state index in [-0.39, 0.29) is 18.6 Å². The van der Waals surface area contributed by atoms with Gasteiger partial charge in [-0.2, -0.15) is 13.2 Å². The quantitative estimate of drug-likeness (QED) is 0.540. The van der Waals surface area contributed by atoms with Crippen LogP contribution in [0.3, 0.4) is 0 Å². The summed E-state index contributed by atoms with van der Waals surface area (Å²) in [6, 6.07) is 4.16. The number of carbonyl (C=O) groups is 1. The number of aryl methyl sites for hydroxylation is 2. The molecule has 0 unspecified atom stereocenters. The van der Waals surface area contributed by atoms with Crippen LogP contribution in [-0.4, -0.2) is 29.7 Å². The number of hydrogen-bond donors (Lipinski definition) is 0. The van der Waals surface area contributed by atoms with E-state index in [4.69, 9.17) is 0 Å². The molecule has 0 aliphatic heterocycles. The molecule has 3 aromatic rings. The Hall–Kier alpha value is -2.11. The fraction of sp³-hybridized carbons (Fsp3) is 0.278. The van der Waals surface area contributed by atoms with Crippen LogP contribution >= 0.6 is 22.7 Å². The average Bonchev–Trinajstić information content (AvgIpc) is 3.20. The number of Topliss-reactive ketones (excluding diaryl/α,β-unsaturated/α-hetero) is 1. The molecule has 2 heterocycles. The van der Waals surface area contributed by atoms with E-state index in [9.17, 15) is 26.4 Å². The number of hydrogen-bond acceptors (Lipinski definition) is 7. The van der Waals surface area contributed by atoms with E-state index in [1.54, 1.807) is 0 Å². The first-order chi connectivity index (χ1) is 13.5. The molecule has 0 spiro atoms. The van der Waals surface area contributed by atoms with Crippen LogP contribution in [0.1, 0.15) is 21.3 Å². The van der Waals surface area contributed by atoms with Gasteiger partial charge in [0.1, 0.15) is 10.8 Å². The standard InChI is InChI=1S/C18H15F3N2O3S3/c1-10-17(28-11(2)22-10)15-9-27-16(23-15)8-13(24)7-12-3-5-14(6-4-12)29(25,26)18(19,20)21/h3-6,9H,7-8H2,1-2H3. The van der Waals surface area contributed by atoms with Crippen molar-refractivity contribution in [2.45, 2.75) is 37.1 Å². The van der Waals surface area contributed by atoms with Crippen LogP contribution in [0, 0.1) is 13.8 Å². The summed E-state index contributed by atoms with van der Waals surface area (Å²) in [4.78, 5) is 21.2. The number of sulfone groups is 1. The molecule has 5 nitrogen and oxygen atoms in total. The molecule has 2 aromatic heterocycles. The van der Waals surface area contributed by atoms with E-state index in [1.807, 2.05) is 19.2 Å². The summed E-state index contributed by atoms with van der Waals surface area (Å²) in [6.07, 6.45) is 0.0596. The van der Waals surface area contributed by atoms with Crippen LogP contribution in [0.2, 0.25) is 0 Å². The number of benzene rings is 1. The maximum absolute atomic E-state index is 12.6. The number of rotatable bonds is 6. The second-order valence-electron chi connectivity index (χ2n) is 6.26. The summed E-state index contributed by atoms with van der Waals surface area (Å²) in [5.41, 5.74) is -3.28. The number of aromatic nitrogens is 2.